The number of aryl methyl sites for hydroxylation is 1. The van der Waals surface area contributed by atoms with Crippen LogP contribution < -0.4 is 4.90 Å². The molecular formula is C16H20BrN3O. The molecule has 1 saturated heterocycles. The summed E-state index contributed by atoms with van der Waals surface area (Å²) >= 11 is 3.39. The maximum atomic E-state index is 5.99. The highest BCUT2D eigenvalue weighted by Crippen LogP contribution is 2.36. The van der Waals surface area contributed by atoms with E-state index >= 15 is 0 Å². The molecule has 2 aromatic heterocycles. The Balaban J connectivity index is 1.90. The second kappa shape index (κ2) is 6.18. The van der Waals surface area contributed by atoms with Gasteiger partial charge in [0.25, 0.3) is 0 Å². The Morgan fingerprint density at radius 1 is 1.33 bits per heavy atom. The molecule has 2 aromatic rings. The summed E-state index contributed by atoms with van der Waals surface area (Å²) < 4.78 is 6.89. The molecule has 1 aliphatic heterocycles. The fourth-order valence-electron chi connectivity index (χ4n) is 2.87. The largest absolute Gasteiger partial charge is 0.464 e. The first-order chi connectivity index (χ1) is 10.2. The number of halogens is 1. The lowest BCUT2D eigenvalue weighted by Gasteiger charge is -2.37. The van der Waals surface area contributed by atoms with Gasteiger partial charge in [0.05, 0.1) is 10.5 Å². The van der Waals surface area contributed by atoms with Gasteiger partial charge in [0.15, 0.2) is 0 Å². The molecular weight excluding hydrogens is 330 g/mol. The van der Waals surface area contributed by atoms with Crippen molar-refractivity contribution in [3.05, 3.63) is 40.5 Å². The van der Waals surface area contributed by atoms with Gasteiger partial charge in [0.2, 0.25) is 5.95 Å². The molecule has 0 spiro atoms. The number of rotatable bonds is 3. The summed E-state index contributed by atoms with van der Waals surface area (Å²) in [6, 6.07) is 4.41. The lowest BCUT2D eigenvalue weighted by atomic mass is 9.91. The van der Waals surface area contributed by atoms with Gasteiger partial charge < -0.3 is 9.32 Å². The Morgan fingerprint density at radius 2 is 2.10 bits per heavy atom. The lowest BCUT2D eigenvalue weighted by Crippen LogP contribution is -2.37. The lowest BCUT2D eigenvalue weighted by molar-refractivity contribution is 0.319. The standard InChI is InChI=1S/C16H20BrN3O/c1-3-13-4-5-15(21-13)14-8-11(2)6-7-20(14)16-18-9-12(17)10-19-16/h4-5,9-11,14H,3,6-8H2,1-2H3. The molecule has 3 heterocycles. The van der Waals surface area contributed by atoms with E-state index in [2.05, 4.69) is 56.8 Å². The number of nitrogens with zero attached hydrogens (tertiary/aromatic N) is 3. The molecule has 4 nitrogen and oxygen atoms in total. The van der Waals surface area contributed by atoms with Crippen LogP contribution in [-0.2, 0) is 6.42 Å². The summed E-state index contributed by atoms with van der Waals surface area (Å²) in [5.41, 5.74) is 0. The topological polar surface area (TPSA) is 42.2 Å². The molecule has 1 aliphatic rings. The van der Waals surface area contributed by atoms with Gasteiger partial charge >= 0.3 is 0 Å². The van der Waals surface area contributed by atoms with Gasteiger partial charge in [-0.25, -0.2) is 9.97 Å². The van der Waals surface area contributed by atoms with Gasteiger partial charge in [-0.2, -0.15) is 0 Å². The number of furan rings is 1. The van der Waals surface area contributed by atoms with Crippen LogP contribution in [0, 0.1) is 5.92 Å². The third-order valence-electron chi connectivity index (χ3n) is 4.09. The second-order valence-corrected chi connectivity index (χ2v) is 6.61. The molecule has 0 saturated carbocycles. The van der Waals surface area contributed by atoms with Crippen LogP contribution in [0.5, 0.6) is 0 Å². The van der Waals surface area contributed by atoms with Crippen molar-refractivity contribution in [2.75, 3.05) is 11.4 Å². The van der Waals surface area contributed by atoms with Crippen LogP contribution in [0.2, 0.25) is 0 Å². The second-order valence-electron chi connectivity index (χ2n) is 5.70. The number of piperidine rings is 1. The van der Waals surface area contributed by atoms with Crippen molar-refractivity contribution in [1.82, 2.24) is 9.97 Å². The molecule has 1 fully saturated rings. The molecule has 112 valence electrons. The average Bonchev–Trinajstić information content (AvgIpc) is 2.97. The molecule has 2 unspecified atom stereocenters. The summed E-state index contributed by atoms with van der Waals surface area (Å²) in [7, 11) is 0. The van der Waals surface area contributed by atoms with Gasteiger partial charge in [-0.15, -0.1) is 0 Å². The Morgan fingerprint density at radius 3 is 2.76 bits per heavy atom. The minimum absolute atomic E-state index is 0.232. The van der Waals surface area contributed by atoms with Crippen molar-refractivity contribution in [3.8, 4) is 0 Å². The normalized spacial score (nSPS) is 22.5. The number of anilines is 1. The fraction of sp³-hybridized carbons (Fsp3) is 0.500. The molecule has 0 radical (unpaired) electrons. The molecule has 0 aromatic carbocycles. The summed E-state index contributed by atoms with van der Waals surface area (Å²) in [6.45, 7) is 5.38. The van der Waals surface area contributed by atoms with E-state index in [0.29, 0.717) is 5.92 Å². The summed E-state index contributed by atoms with van der Waals surface area (Å²) in [5.74, 6) is 3.55. The highest BCUT2D eigenvalue weighted by atomic mass is 79.9. The number of hydrogen-bond donors (Lipinski definition) is 0. The van der Waals surface area contributed by atoms with Crippen molar-refractivity contribution >= 4 is 21.9 Å². The van der Waals surface area contributed by atoms with E-state index in [4.69, 9.17) is 4.42 Å². The maximum Gasteiger partial charge on any atom is 0.225 e. The Bertz CT molecular complexity index is 596. The Labute approximate surface area is 133 Å². The van der Waals surface area contributed by atoms with Crippen LogP contribution in [-0.4, -0.2) is 16.5 Å². The van der Waals surface area contributed by atoms with E-state index in [-0.39, 0.29) is 6.04 Å². The zero-order valence-electron chi connectivity index (χ0n) is 12.4. The van der Waals surface area contributed by atoms with Crippen LogP contribution in [0.3, 0.4) is 0 Å². The van der Waals surface area contributed by atoms with Gasteiger partial charge in [-0.1, -0.05) is 13.8 Å². The monoisotopic (exact) mass is 349 g/mol. The van der Waals surface area contributed by atoms with Crippen molar-refractivity contribution < 1.29 is 4.42 Å². The molecule has 0 amide bonds. The van der Waals surface area contributed by atoms with Gasteiger partial charge in [0.1, 0.15) is 11.5 Å². The summed E-state index contributed by atoms with van der Waals surface area (Å²) in [4.78, 5) is 11.2. The molecule has 0 bridgehead atoms. The molecule has 3 rings (SSSR count). The predicted octanol–water partition coefficient (Wildman–Crippen LogP) is 4.37. The maximum absolute atomic E-state index is 5.99. The Kier molecular flexibility index (Phi) is 4.29. The van der Waals surface area contributed by atoms with Crippen molar-refractivity contribution in [1.29, 1.82) is 0 Å². The van der Waals surface area contributed by atoms with E-state index < -0.39 is 0 Å². The van der Waals surface area contributed by atoms with Crippen LogP contribution >= 0.6 is 15.9 Å². The van der Waals surface area contributed by atoms with Gasteiger partial charge in [-0.3, -0.25) is 0 Å². The molecule has 21 heavy (non-hydrogen) atoms. The van der Waals surface area contributed by atoms with Gasteiger partial charge in [-0.05, 0) is 46.8 Å². The number of hydrogen-bond acceptors (Lipinski definition) is 4. The van der Waals surface area contributed by atoms with Crippen LogP contribution in [0.1, 0.15) is 44.3 Å². The third kappa shape index (κ3) is 3.12. The smallest absolute Gasteiger partial charge is 0.225 e. The average molecular weight is 350 g/mol. The van der Waals surface area contributed by atoms with Crippen molar-refractivity contribution in [3.63, 3.8) is 0 Å². The van der Waals surface area contributed by atoms with E-state index in [9.17, 15) is 0 Å². The first-order valence-corrected chi connectivity index (χ1v) is 8.29. The zero-order valence-corrected chi connectivity index (χ0v) is 14.0. The Hall–Kier alpha value is -1.36. The zero-order chi connectivity index (χ0) is 14.8. The molecule has 0 aliphatic carbocycles. The van der Waals surface area contributed by atoms with Crippen LogP contribution in [0.25, 0.3) is 0 Å². The minimum atomic E-state index is 0.232. The molecule has 2 atom stereocenters. The first kappa shape index (κ1) is 14.6. The molecule has 0 N–H and O–H groups in total. The highest BCUT2D eigenvalue weighted by molar-refractivity contribution is 9.10. The fourth-order valence-corrected chi connectivity index (χ4v) is 3.07. The van der Waals surface area contributed by atoms with Crippen molar-refractivity contribution in [2.24, 2.45) is 5.92 Å². The van der Waals surface area contributed by atoms with E-state index in [1.54, 1.807) is 12.4 Å². The molecule has 5 heteroatoms. The predicted molar refractivity (Wildman–Crippen MR) is 86.3 cm³/mol. The SMILES string of the molecule is CCc1ccc(C2CC(C)CCN2c2ncc(Br)cn2)o1. The summed E-state index contributed by atoms with van der Waals surface area (Å²) in [5, 5.41) is 0. The van der Waals surface area contributed by atoms with Crippen LogP contribution in [0.4, 0.5) is 5.95 Å². The van der Waals surface area contributed by atoms with E-state index in [1.165, 1.54) is 0 Å². The van der Waals surface area contributed by atoms with Gasteiger partial charge in [0, 0.05) is 25.4 Å². The van der Waals surface area contributed by atoms with E-state index in [0.717, 1.165) is 47.7 Å². The third-order valence-corrected chi connectivity index (χ3v) is 4.50. The van der Waals surface area contributed by atoms with Crippen molar-refractivity contribution in [2.45, 2.75) is 39.2 Å². The minimum Gasteiger partial charge on any atom is -0.464 e. The first-order valence-electron chi connectivity index (χ1n) is 7.50. The number of aromatic nitrogens is 2. The van der Waals surface area contributed by atoms with E-state index in [1.807, 2.05) is 0 Å². The quantitative estimate of drug-likeness (QED) is 0.824. The summed E-state index contributed by atoms with van der Waals surface area (Å²) in [6.07, 6.45) is 6.78. The van der Waals surface area contributed by atoms with Crippen LogP contribution in [0.15, 0.2) is 33.4 Å². The highest BCUT2D eigenvalue weighted by Gasteiger charge is 2.31.